The molecule has 94 valence electrons. The highest BCUT2D eigenvalue weighted by atomic mass is 16.5. The normalized spacial score (nSPS) is 23.9. The van der Waals surface area contributed by atoms with Gasteiger partial charge in [0.15, 0.2) is 0 Å². The van der Waals surface area contributed by atoms with Crippen molar-refractivity contribution in [2.45, 2.75) is 45.8 Å². The number of ether oxygens (including phenoxy) is 2. The minimum atomic E-state index is 0.238. The number of anilines is 1. The van der Waals surface area contributed by atoms with E-state index in [0.717, 1.165) is 35.4 Å². The van der Waals surface area contributed by atoms with Gasteiger partial charge in [-0.3, -0.25) is 0 Å². The van der Waals surface area contributed by atoms with Gasteiger partial charge in [-0.1, -0.05) is 0 Å². The van der Waals surface area contributed by atoms with E-state index in [2.05, 4.69) is 6.92 Å². The Kier molecular flexibility index (Phi) is 3.57. The molecule has 0 radical (unpaired) electrons. The van der Waals surface area contributed by atoms with Gasteiger partial charge >= 0.3 is 0 Å². The third kappa shape index (κ3) is 2.91. The molecule has 2 unspecified atom stereocenters. The monoisotopic (exact) mass is 235 g/mol. The second kappa shape index (κ2) is 4.96. The van der Waals surface area contributed by atoms with Crippen molar-refractivity contribution in [2.24, 2.45) is 0 Å². The van der Waals surface area contributed by atoms with E-state index in [1.54, 1.807) is 0 Å². The van der Waals surface area contributed by atoms with Crippen LogP contribution in [0.4, 0.5) is 5.69 Å². The molecule has 1 aliphatic rings. The van der Waals surface area contributed by atoms with E-state index < -0.39 is 0 Å². The van der Waals surface area contributed by atoms with Crippen LogP contribution in [0.25, 0.3) is 0 Å². The summed E-state index contributed by atoms with van der Waals surface area (Å²) >= 11 is 0. The smallest absolute Gasteiger partial charge is 0.122 e. The summed E-state index contributed by atoms with van der Waals surface area (Å²) < 4.78 is 11.6. The van der Waals surface area contributed by atoms with E-state index in [1.807, 2.05) is 26.0 Å². The average molecular weight is 235 g/mol. The molecule has 1 aromatic carbocycles. The van der Waals surface area contributed by atoms with Crippen molar-refractivity contribution in [3.63, 3.8) is 0 Å². The van der Waals surface area contributed by atoms with Gasteiger partial charge in [-0.15, -0.1) is 0 Å². The van der Waals surface area contributed by atoms with Crippen molar-refractivity contribution in [1.82, 2.24) is 0 Å². The summed E-state index contributed by atoms with van der Waals surface area (Å²) in [7, 11) is 0. The van der Waals surface area contributed by atoms with Crippen LogP contribution in [-0.2, 0) is 4.74 Å². The lowest BCUT2D eigenvalue weighted by Gasteiger charge is -2.15. The second-order valence-electron chi connectivity index (χ2n) is 4.93. The molecule has 0 spiro atoms. The van der Waals surface area contributed by atoms with Gasteiger partial charge in [-0.25, -0.2) is 0 Å². The van der Waals surface area contributed by atoms with Crippen molar-refractivity contribution in [2.75, 3.05) is 12.3 Å². The van der Waals surface area contributed by atoms with E-state index in [-0.39, 0.29) is 6.10 Å². The first-order valence-electron chi connectivity index (χ1n) is 6.21. The van der Waals surface area contributed by atoms with Gasteiger partial charge in [0.1, 0.15) is 12.4 Å². The maximum absolute atomic E-state index is 5.85. The SMILES string of the molecule is Cc1cc(OCC2CCC(C)O2)c(C)cc1N. The number of nitrogen functional groups attached to an aromatic ring is 1. The Morgan fingerprint density at radius 2 is 2.06 bits per heavy atom. The summed E-state index contributed by atoms with van der Waals surface area (Å²) in [5, 5.41) is 0. The fourth-order valence-electron chi connectivity index (χ4n) is 2.16. The van der Waals surface area contributed by atoms with Crippen LogP contribution in [-0.4, -0.2) is 18.8 Å². The molecule has 0 aliphatic carbocycles. The molecule has 1 saturated heterocycles. The van der Waals surface area contributed by atoms with E-state index in [9.17, 15) is 0 Å². The van der Waals surface area contributed by atoms with Gasteiger partial charge in [0, 0.05) is 5.69 Å². The van der Waals surface area contributed by atoms with Gasteiger partial charge in [-0.2, -0.15) is 0 Å². The largest absolute Gasteiger partial charge is 0.491 e. The number of rotatable bonds is 3. The fraction of sp³-hybridized carbons (Fsp3) is 0.571. The van der Waals surface area contributed by atoms with Crippen molar-refractivity contribution < 1.29 is 9.47 Å². The van der Waals surface area contributed by atoms with Gasteiger partial charge in [0.2, 0.25) is 0 Å². The maximum Gasteiger partial charge on any atom is 0.122 e. The van der Waals surface area contributed by atoms with Gasteiger partial charge in [0.05, 0.1) is 12.2 Å². The summed E-state index contributed by atoms with van der Waals surface area (Å²) in [6, 6.07) is 3.96. The molecule has 1 heterocycles. The molecule has 0 saturated carbocycles. The predicted molar refractivity (Wildman–Crippen MR) is 69.4 cm³/mol. The van der Waals surface area contributed by atoms with Gasteiger partial charge < -0.3 is 15.2 Å². The topological polar surface area (TPSA) is 44.5 Å². The lowest BCUT2D eigenvalue weighted by atomic mass is 10.1. The Balaban J connectivity index is 1.97. The molecule has 3 nitrogen and oxygen atoms in total. The highest BCUT2D eigenvalue weighted by Gasteiger charge is 2.22. The molecule has 17 heavy (non-hydrogen) atoms. The van der Waals surface area contributed by atoms with Crippen LogP contribution in [0.1, 0.15) is 30.9 Å². The number of hydrogen-bond acceptors (Lipinski definition) is 3. The van der Waals surface area contributed by atoms with Crippen molar-refractivity contribution in [1.29, 1.82) is 0 Å². The van der Waals surface area contributed by atoms with Crippen LogP contribution >= 0.6 is 0 Å². The third-order valence-electron chi connectivity index (χ3n) is 3.31. The van der Waals surface area contributed by atoms with Crippen LogP contribution in [0.2, 0.25) is 0 Å². The van der Waals surface area contributed by atoms with Crippen LogP contribution in [0.5, 0.6) is 5.75 Å². The lowest BCUT2D eigenvalue weighted by Crippen LogP contribution is -2.18. The first kappa shape index (κ1) is 12.2. The third-order valence-corrected chi connectivity index (χ3v) is 3.31. The first-order chi connectivity index (χ1) is 8.06. The van der Waals surface area contributed by atoms with Gasteiger partial charge in [0.25, 0.3) is 0 Å². The Hall–Kier alpha value is -1.22. The standard InChI is InChI=1S/C14H21NO2/c1-9-7-14(10(2)6-13(9)15)16-8-12-5-4-11(3)17-12/h6-7,11-12H,4-5,8,15H2,1-3H3. The molecule has 0 bridgehead atoms. The highest BCUT2D eigenvalue weighted by molar-refractivity contribution is 5.53. The molecular weight excluding hydrogens is 214 g/mol. The minimum absolute atomic E-state index is 0.238. The zero-order chi connectivity index (χ0) is 12.4. The molecule has 2 N–H and O–H groups in total. The van der Waals surface area contributed by atoms with E-state index in [0.29, 0.717) is 12.7 Å². The summed E-state index contributed by atoms with van der Waals surface area (Å²) in [4.78, 5) is 0. The molecule has 0 aromatic heterocycles. The Morgan fingerprint density at radius 3 is 2.71 bits per heavy atom. The minimum Gasteiger partial charge on any atom is -0.491 e. The maximum atomic E-state index is 5.85. The molecule has 3 heteroatoms. The number of hydrogen-bond donors (Lipinski definition) is 1. The lowest BCUT2D eigenvalue weighted by molar-refractivity contribution is 0.0263. The van der Waals surface area contributed by atoms with Crippen molar-refractivity contribution >= 4 is 5.69 Å². The van der Waals surface area contributed by atoms with E-state index in [1.165, 1.54) is 0 Å². The Morgan fingerprint density at radius 1 is 1.29 bits per heavy atom. The fourth-order valence-corrected chi connectivity index (χ4v) is 2.16. The zero-order valence-corrected chi connectivity index (χ0v) is 10.8. The Labute approximate surface area is 103 Å². The highest BCUT2D eigenvalue weighted by Crippen LogP contribution is 2.26. The number of nitrogens with two attached hydrogens (primary N) is 1. The molecule has 2 atom stereocenters. The molecule has 2 rings (SSSR count). The van der Waals surface area contributed by atoms with Gasteiger partial charge in [-0.05, 0) is 56.9 Å². The number of benzene rings is 1. The zero-order valence-electron chi connectivity index (χ0n) is 10.8. The van der Waals surface area contributed by atoms with Crippen LogP contribution in [0.15, 0.2) is 12.1 Å². The van der Waals surface area contributed by atoms with Crippen molar-refractivity contribution in [3.05, 3.63) is 23.3 Å². The first-order valence-corrected chi connectivity index (χ1v) is 6.21. The van der Waals surface area contributed by atoms with Crippen LogP contribution in [0, 0.1) is 13.8 Å². The predicted octanol–water partition coefficient (Wildman–Crippen LogP) is 2.83. The molecule has 1 aliphatic heterocycles. The average Bonchev–Trinajstić information content (AvgIpc) is 2.68. The molecule has 0 amide bonds. The quantitative estimate of drug-likeness (QED) is 0.819. The van der Waals surface area contributed by atoms with E-state index in [4.69, 9.17) is 15.2 Å². The summed E-state index contributed by atoms with van der Waals surface area (Å²) in [6.45, 7) is 6.76. The number of aryl methyl sites for hydroxylation is 2. The molecule has 1 aromatic rings. The molecule has 1 fully saturated rings. The summed E-state index contributed by atoms with van der Waals surface area (Å²) in [6.07, 6.45) is 2.84. The van der Waals surface area contributed by atoms with Crippen LogP contribution in [0.3, 0.4) is 0 Å². The summed E-state index contributed by atoms with van der Waals surface area (Å²) in [5.41, 5.74) is 8.81. The Bertz CT molecular complexity index is 403. The summed E-state index contributed by atoms with van der Waals surface area (Å²) in [5.74, 6) is 0.917. The van der Waals surface area contributed by atoms with Crippen molar-refractivity contribution in [3.8, 4) is 5.75 Å². The second-order valence-corrected chi connectivity index (χ2v) is 4.93. The molecular formula is C14H21NO2. The van der Waals surface area contributed by atoms with Crippen LogP contribution < -0.4 is 10.5 Å². The van der Waals surface area contributed by atoms with E-state index >= 15 is 0 Å².